The summed E-state index contributed by atoms with van der Waals surface area (Å²) in [7, 11) is 0. The Hall–Kier alpha value is -0.870. The molecule has 0 fully saturated rings. The van der Waals surface area contributed by atoms with Crippen molar-refractivity contribution in [1.29, 1.82) is 0 Å². The Labute approximate surface area is 101 Å². The maximum absolute atomic E-state index is 5.33. The molecule has 0 aliphatic carbocycles. The molecule has 0 atom stereocenters. The van der Waals surface area contributed by atoms with E-state index in [9.17, 15) is 0 Å². The topological polar surface area (TPSA) is 30.5 Å². The Balaban J connectivity index is 1.77. The van der Waals surface area contributed by atoms with Crippen LogP contribution in [0.3, 0.4) is 0 Å². The number of thioether (sulfide) groups is 1. The summed E-state index contributed by atoms with van der Waals surface area (Å²) < 4.78 is 10.6. The third-order valence-electron chi connectivity index (χ3n) is 2.39. The molecule has 88 valence electrons. The molecule has 0 spiro atoms. The summed E-state index contributed by atoms with van der Waals surface area (Å²) >= 11 is 1.96. The molecular weight excluding hydrogens is 222 g/mol. The lowest BCUT2D eigenvalue weighted by Crippen LogP contribution is -2.16. The van der Waals surface area contributed by atoms with E-state index in [4.69, 9.17) is 9.47 Å². The molecule has 0 radical (unpaired) electrons. The van der Waals surface area contributed by atoms with E-state index in [1.165, 1.54) is 17.1 Å². The van der Waals surface area contributed by atoms with Crippen molar-refractivity contribution >= 4 is 11.8 Å². The van der Waals surface area contributed by atoms with Gasteiger partial charge in [0.15, 0.2) is 11.5 Å². The van der Waals surface area contributed by atoms with Crippen molar-refractivity contribution in [2.75, 3.05) is 24.8 Å². The highest BCUT2D eigenvalue weighted by Crippen LogP contribution is 2.32. The summed E-state index contributed by atoms with van der Waals surface area (Å²) in [5.74, 6) is 4.07. The molecule has 1 aromatic carbocycles. The van der Waals surface area contributed by atoms with Gasteiger partial charge in [0.05, 0.1) is 0 Å². The summed E-state index contributed by atoms with van der Waals surface area (Å²) in [6.07, 6.45) is 0. The number of fused-ring (bicyclic) bond motifs is 1. The van der Waals surface area contributed by atoms with Gasteiger partial charge in [-0.15, -0.1) is 0 Å². The summed E-state index contributed by atoms with van der Waals surface area (Å²) in [5.41, 5.74) is 1.24. The number of rotatable bonds is 6. The van der Waals surface area contributed by atoms with Crippen molar-refractivity contribution in [3.63, 3.8) is 0 Å². The highest BCUT2D eigenvalue weighted by atomic mass is 32.2. The molecule has 4 heteroatoms. The zero-order valence-corrected chi connectivity index (χ0v) is 10.3. The number of hydrogen-bond donors (Lipinski definition) is 1. The lowest BCUT2D eigenvalue weighted by molar-refractivity contribution is 0.174. The second-order valence-electron chi connectivity index (χ2n) is 3.56. The van der Waals surface area contributed by atoms with Gasteiger partial charge in [0.25, 0.3) is 0 Å². The Kier molecular flexibility index (Phi) is 4.36. The third kappa shape index (κ3) is 3.06. The molecule has 1 heterocycles. The van der Waals surface area contributed by atoms with Crippen molar-refractivity contribution in [3.8, 4) is 11.5 Å². The van der Waals surface area contributed by atoms with Gasteiger partial charge in [-0.3, -0.25) is 0 Å². The first kappa shape index (κ1) is 11.6. The van der Waals surface area contributed by atoms with Crippen LogP contribution in [0.4, 0.5) is 0 Å². The Morgan fingerprint density at radius 2 is 2.19 bits per heavy atom. The lowest BCUT2D eigenvalue weighted by Gasteiger charge is -2.05. The normalized spacial score (nSPS) is 13.1. The minimum atomic E-state index is 0.347. The van der Waals surface area contributed by atoms with Crippen LogP contribution in [-0.2, 0) is 6.54 Å². The highest BCUT2D eigenvalue weighted by molar-refractivity contribution is 7.99. The van der Waals surface area contributed by atoms with Crippen molar-refractivity contribution < 1.29 is 9.47 Å². The van der Waals surface area contributed by atoms with E-state index in [1.54, 1.807) is 0 Å². The van der Waals surface area contributed by atoms with Crippen LogP contribution < -0.4 is 14.8 Å². The van der Waals surface area contributed by atoms with E-state index >= 15 is 0 Å². The van der Waals surface area contributed by atoms with Gasteiger partial charge in [-0.2, -0.15) is 11.8 Å². The molecule has 0 unspecified atom stereocenters. The summed E-state index contributed by atoms with van der Waals surface area (Å²) in [6.45, 7) is 4.47. The predicted molar refractivity (Wildman–Crippen MR) is 67.3 cm³/mol. The van der Waals surface area contributed by atoms with Gasteiger partial charge >= 0.3 is 0 Å². The van der Waals surface area contributed by atoms with Gasteiger partial charge in [0, 0.05) is 18.8 Å². The van der Waals surface area contributed by atoms with E-state index in [1.807, 2.05) is 23.9 Å². The Morgan fingerprint density at radius 1 is 1.31 bits per heavy atom. The van der Waals surface area contributed by atoms with Crippen LogP contribution in [0, 0.1) is 0 Å². The molecule has 1 aromatic rings. The van der Waals surface area contributed by atoms with Crippen LogP contribution in [0.1, 0.15) is 12.5 Å². The first-order chi connectivity index (χ1) is 7.90. The third-order valence-corrected chi connectivity index (χ3v) is 3.29. The maximum atomic E-state index is 5.33. The van der Waals surface area contributed by atoms with E-state index in [2.05, 4.69) is 18.3 Å². The zero-order chi connectivity index (χ0) is 11.2. The van der Waals surface area contributed by atoms with E-state index in [-0.39, 0.29) is 0 Å². The number of nitrogens with one attached hydrogen (secondary N) is 1. The van der Waals surface area contributed by atoms with Crippen LogP contribution in [0.15, 0.2) is 18.2 Å². The smallest absolute Gasteiger partial charge is 0.231 e. The molecule has 1 aliphatic heterocycles. The quantitative estimate of drug-likeness (QED) is 0.771. The fraction of sp³-hybridized carbons (Fsp3) is 0.500. The summed E-state index contributed by atoms with van der Waals surface area (Å²) in [6, 6.07) is 6.09. The van der Waals surface area contributed by atoms with Crippen molar-refractivity contribution in [2.45, 2.75) is 13.5 Å². The fourth-order valence-electron chi connectivity index (χ4n) is 1.57. The van der Waals surface area contributed by atoms with Gasteiger partial charge in [0.1, 0.15) is 0 Å². The monoisotopic (exact) mass is 239 g/mol. The van der Waals surface area contributed by atoms with Crippen molar-refractivity contribution in [2.24, 2.45) is 0 Å². The first-order valence-corrected chi connectivity index (χ1v) is 6.72. The molecule has 0 bridgehead atoms. The fourth-order valence-corrected chi connectivity index (χ4v) is 2.15. The van der Waals surface area contributed by atoms with E-state index in [0.717, 1.165) is 24.6 Å². The van der Waals surface area contributed by atoms with Gasteiger partial charge < -0.3 is 14.8 Å². The SMILES string of the molecule is CCSCCNCc1ccc2c(c1)OCO2. The summed E-state index contributed by atoms with van der Waals surface area (Å²) in [4.78, 5) is 0. The molecule has 16 heavy (non-hydrogen) atoms. The van der Waals surface area contributed by atoms with Crippen LogP contribution in [-0.4, -0.2) is 24.8 Å². The molecule has 0 saturated carbocycles. The zero-order valence-electron chi connectivity index (χ0n) is 9.49. The number of hydrogen-bond acceptors (Lipinski definition) is 4. The average molecular weight is 239 g/mol. The molecule has 1 N–H and O–H groups in total. The van der Waals surface area contributed by atoms with Crippen molar-refractivity contribution in [3.05, 3.63) is 23.8 Å². The highest BCUT2D eigenvalue weighted by Gasteiger charge is 2.12. The second kappa shape index (κ2) is 6.01. The molecule has 1 aliphatic rings. The molecular formula is C12H17NO2S. The largest absolute Gasteiger partial charge is 0.454 e. The predicted octanol–water partition coefficient (Wildman–Crippen LogP) is 2.26. The minimum Gasteiger partial charge on any atom is -0.454 e. The van der Waals surface area contributed by atoms with E-state index in [0.29, 0.717) is 6.79 Å². The molecule has 0 aromatic heterocycles. The van der Waals surface area contributed by atoms with Crippen LogP contribution in [0.25, 0.3) is 0 Å². The molecule has 0 amide bonds. The summed E-state index contributed by atoms with van der Waals surface area (Å²) in [5, 5.41) is 3.41. The Bertz CT molecular complexity index is 344. The minimum absolute atomic E-state index is 0.347. The Morgan fingerprint density at radius 3 is 3.06 bits per heavy atom. The van der Waals surface area contributed by atoms with Crippen LogP contribution in [0.2, 0.25) is 0 Å². The standard InChI is InChI=1S/C12H17NO2S/c1-2-16-6-5-13-8-10-3-4-11-12(7-10)15-9-14-11/h3-4,7,13H,2,5-6,8-9H2,1H3. The average Bonchev–Trinajstić information content (AvgIpc) is 2.76. The van der Waals surface area contributed by atoms with Crippen LogP contribution >= 0.6 is 11.8 Å². The molecule has 2 rings (SSSR count). The van der Waals surface area contributed by atoms with Gasteiger partial charge in [-0.1, -0.05) is 13.0 Å². The number of ether oxygens (including phenoxy) is 2. The van der Waals surface area contributed by atoms with Gasteiger partial charge in [-0.25, -0.2) is 0 Å². The van der Waals surface area contributed by atoms with Crippen molar-refractivity contribution in [1.82, 2.24) is 5.32 Å². The maximum Gasteiger partial charge on any atom is 0.231 e. The molecule has 0 saturated heterocycles. The van der Waals surface area contributed by atoms with Gasteiger partial charge in [0.2, 0.25) is 6.79 Å². The van der Waals surface area contributed by atoms with E-state index < -0.39 is 0 Å². The second-order valence-corrected chi connectivity index (χ2v) is 4.96. The van der Waals surface area contributed by atoms with Crippen LogP contribution in [0.5, 0.6) is 11.5 Å². The van der Waals surface area contributed by atoms with Gasteiger partial charge in [-0.05, 0) is 23.4 Å². The lowest BCUT2D eigenvalue weighted by atomic mass is 10.2. The number of benzene rings is 1. The first-order valence-electron chi connectivity index (χ1n) is 5.57. The molecule has 3 nitrogen and oxygen atoms in total.